The Labute approximate surface area is 98.1 Å². The summed E-state index contributed by atoms with van der Waals surface area (Å²) in [5.74, 6) is -0.481. The van der Waals surface area contributed by atoms with E-state index in [0.29, 0.717) is 15.6 Å². The third kappa shape index (κ3) is 3.09. The van der Waals surface area contributed by atoms with Crippen molar-refractivity contribution in [3.05, 3.63) is 33.8 Å². The van der Waals surface area contributed by atoms with E-state index in [1.807, 2.05) is 0 Å². The lowest BCUT2D eigenvalue weighted by Gasteiger charge is -2.11. The smallest absolute Gasteiger partial charge is 0.322 e. The molecule has 1 aromatic carbocycles. The maximum absolute atomic E-state index is 11.1. The van der Waals surface area contributed by atoms with Crippen LogP contribution in [0, 0.1) is 0 Å². The summed E-state index contributed by atoms with van der Waals surface area (Å²) in [4.78, 5) is 11.1. The van der Waals surface area contributed by atoms with E-state index in [4.69, 9.17) is 28.9 Å². The van der Waals surface area contributed by atoms with Gasteiger partial charge < -0.3 is 10.5 Å². The van der Waals surface area contributed by atoms with Crippen molar-refractivity contribution in [3.63, 3.8) is 0 Å². The second kappa shape index (κ2) is 5.35. The molecule has 0 heterocycles. The number of benzene rings is 1. The number of carbonyl (C=O) groups is 1. The first kappa shape index (κ1) is 12.3. The van der Waals surface area contributed by atoms with Gasteiger partial charge in [0, 0.05) is 16.5 Å². The van der Waals surface area contributed by atoms with Crippen LogP contribution in [0.4, 0.5) is 0 Å². The number of carbonyl (C=O) groups excluding carboxylic acids is 1. The molecule has 0 aliphatic rings. The van der Waals surface area contributed by atoms with E-state index in [-0.39, 0.29) is 6.42 Å². The minimum absolute atomic E-state index is 0.269. The molecule has 0 aliphatic heterocycles. The van der Waals surface area contributed by atoms with Gasteiger partial charge in [-0.25, -0.2) is 0 Å². The standard InChI is InChI=1S/C10H11Cl2NO2/c1-15-10(14)9(13)5-6-7(11)3-2-4-8(6)12/h2-4,9H,5,13H2,1H3/t9-/m1/s1. The molecular weight excluding hydrogens is 237 g/mol. The lowest BCUT2D eigenvalue weighted by molar-refractivity contribution is -0.142. The number of halogens is 2. The summed E-state index contributed by atoms with van der Waals surface area (Å²) in [6, 6.07) is 4.39. The van der Waals surface area contributed by atoms with Crippen LogP contribution in [-0.2, 0) is 16.0 Å². The molecular formula is C10H11Cl2NO2. The van der Waals surface area contributed by atoms with Crippen LogP contribution in [0.25, 0.3) is 0 Å². The molecule has 1 rings (SSSR count). The van der Waals surface area contributed by atoms with Gasteiger partial charge in [-0.05, 0) is 17.7 Å². The van der Waals surface area contributed by atoms with Crippen LogP contribution in [0.15, 0.2) is 18.2 Å². The normalized spacial score (nSPS) is 12.3. The zero-order valence-electron chi connectivity index (χ0n) is 8.17. The molecule has 0 fully saturated rings. The predicted molar refractivity (Wildman–Crippen MR) is 60.2 cm³/mol. The van der Waals surface area contributed by atoms with Crippen molar-refractivity contribution in [2.24, 2.45) is 5.73 Å². The molecule has 3 nitrogen and oxygen atoms in total. The number of hydrogen-bond acceptors (Lipinski definition) is 3. The second-order valence-corrected chi connectivity index (χ2v) is 3.85. The van der Waals surface area contributed by atoms with Crippen LogP contribution >= 0.6 is 23.2 Å². The Morgan fingerprint density at radius 3 is 2.47 bits per heavy atom. The molecule has 5 heteroatoms. The van der Waals surface area contributed by atoms with E-state index in [0.717, 1.165) is 0 Å². The minimum Gasteiger partial charge on any atom is -0.468 e. The average molecular weight is 248 g/mol. The molecule has 0 spiro atoms. The summed E-state index contributed by atoms with van der Waals surface area (Å²) < 4.78 is 4.51. The number of rotatable bonds is 3. The highest BCUT2D eigenvalue weighted by atomic mass is 35.5. The van der Waals surface area contributed by atoms with E-state index in [1.54, 1.807) is 18.2 Å². The van der Waals surface area contributed by atoms with Crippen molar-refractivity contribution in [2.75, 3.05) is 7.11 Å². The summed E-state index contributed by atoms with van der Waals surface area (Å²) in [6.45, 7) is 0. The fourth-order valence-corrected chi connectivity index (χ4v) is 1.73. The van der Waals surface area contributed by atoms with Gasteiger partial charge in [0.2, 0.25) is 0 Å². The molecule has 0 bridgehead atoms. The lowest BCUT2D eigenvalue weighted by Crippen LogP contribution is -2.33. The third-order valence-electron chi connectivity index (χ3n) is 1.99. The Bertz CT molecular complexity index is 348. The number of ether oxygens (including phenoxy) is 1. The van der Waals surface area contributed by atoms with E-state index in [2.05, 4.69) is 4.74 Å². The molecule has 1 aromatic rings. The highest BCUT2D eigenvalue weighted by Gasteiger charge is 2.17. The Morgan fingerprint density at radius 1 is 1.47 bits per heavy atom. The van der Waals surface area contributed by atoms with E-state index in [1.165, 1.54) is 7.11 Å². The van der Waals surface area contributed by atoms with Gasteiger partial charge in [0.05, 0.1) is 7.11 Å². The first-order valence-electron chi connectivity index (χ1n) is 4.32. The predicted octanol–water partition coefficient (Wildman–Crippen LogP) is 2.04. The quantitative estimate of drug-likeness (QED) is 0.832. The van der Waals surface area contributed by atoms with Crippen LogP contribution in [0.1, 0.15) is 5.56 Å². The highest BCUT2D eigenvalue weighted by molar-refractivity contribution is 6.36. The summed E-state index contributed by atoms with van der Waals surface area (Å²) in [6.07, 6.45) is 0.269. The Hall–Kier alpha value is -0.770. The fraction of sp³-hybridized carbons (Fsp3) is 0.300. The Balaban J connectivity index is 2.85. The van der Waals surface area contributed by atoms with E-state index < -0.39 is 12.0 Å². The Kier molecular flexibility index (Phi) is 4.39. The Morgan fingerprint density at radius 2 is 2.00 bits per heavy atom. The summed E-state index contributed by atoms with van der Waals surface area (Å²) in [5.41, 5.74) is 6.27. The summed E-state index contributed by atoms with van der Waals surface area (Å²) in [5, 5.41) is 1.00. The molecule has 15 heavy (non-hydrogen) atoms. The van der Waals surface area contributed by atoms with E-state index >= 15 is 0 Å². The molecule has 0 radical (unpaired) electrons. The van der Waals surface area contributed by atoms with Crippen LogP contribution < -0.4 is 5.73 Å². The maximum atomic E-state index is 11.1. The van der Waals surface area contributed by atoms with Crippen LogP contribution in [0.3, 0.4) is 0 Å². The van der Waals surface area contributed by atoms with Gasteiger partial charge in [-0.3, -0.25) is 4.79 Å². The first-order valence-corrected chi connectivity index (χ1v) is 5.08. The van der Waals surface area contributed by atoms with Crippen LogP contribution in [0.5, 0.6) is 0 Å². The zero-order valence-corrected chi connectivity index (χ0v) is 9.68. The molecule has 2 N–H and O–H groups in total. The van der Waals surface area contributed by atoms with Crippen LogP contribution in [-0.4, -0.2) is 19.1 Å². The van der Waals surface area contributed by atoms with Gasteiger partial charge in [-0.2, -0.15) is 0 Å². The number of esters is 1. The maximum Gasteiger partial charge on any atom is 0.322 e. The highest BCUT2D eigenvalue weighted by Crippen LogP contribution is 2.25. The largest absolute Gasteiger partial charge is 0.468 e. The van der Waals surface area contributed by atoms with Crippen molar-refractivity contribution in [3.8, 4) is 0 Å². The van der Waals surface area contributed by atoms with Crippen molar-refractivity contribution in [1.82, 2.24) is 0 Å². The van der Waals surface area contributed by atoms with Crippen molar-refractivity contribution >= 4 is 29.2 Å². The lowest BCUT2D eigenvalue weighted by atomic mass is 10.1. The fourth-order valence-electron chi connectivity index (χ4n) is 1.18. The summed E-state index contributed by atoms with van der Waals surface area (Å²) >= 11 is 11.9. The molecule has 0 saturated heterocycles. The zero-order chi connectivity index (χ0) is 11.4. The van der Waals surface area contributed by atoms with Crippen molar-refractivity contribution < 1.29 is 9.53 Å². The van der Waals surface area contributed by atoms with Crippen molar-refractivity contribution in [2.45, 2.75) is 12.5 Å². The topological polar surface area (TPSA) is 52.3 Å². The first-order chi connectivity index (χ1) is 7.06. The molecule has 0 amide bonds. The van der Waals surface area contributed by atoms with Crippen LogP contribution in [0.2, 0.25) is 10.0 Å². The minimum atomic E-state index is -0.743. The van der Waals surface area contributed by atoms with Crippen molar-refractivity contribution in [1.29, 1.82) is 0 Å². The SMILES string of the molecule is COC(=O)[C@H](N)Cc1c(Cl)cccc1Cl. The van der Waals surface area contributed by atoms with Gasteiger partial charge in [0.15, 0.2) is 0 Å². The summed E-state index contributed by atoms with van der Waals surface area (Å²) in [7, 11) is 1.29. The molecule has 0 saturated carbocycles. The average Bonchev–Trinajstić information content (AvgIpc) is 2.22. The molecule has 0 aliphatic carbocycles. The molecule has 82 valence electrons. The number of hydrogen-bond donors (Lipinski definition) is 1. The van der Waals surface area contributed by atoms with Gasteiger partial charge in [-0.1, -0.05) is 29.3 Å². The third-order valence-corrected chi connectivity index (χ3v) is 2.70. The number of methoxy groups -OCH3 is 1. The van der Waals surface area contributed by atoms with Gasteiger partial charge in [-0.15, -0.1) is 0 Å². The molecule has 0 unspecified atom stereocenters. The van der Waals surface area contributed by atoms with Gasteiger partial charge in [0.25, 0.3) is 0 Å². The van der Waals surface area contributed by atoms with Gasteiger partial charge >= 0.3 is 5.97 Å². The molecule has 1 atom stereocenters. The monoisotopic (exact) mass is 247 g/mol. The second-order valence-electron chi connectivity index (χ2n) is 3.03. The molecule has 0 aromatic heterocycles. The van der Waals surface area contributed by atoms with E-state index in [9.17, 15) is 4.79 Å². The number of nitrogens with two attached hydrogens (primary N) is 1. The van der Waals surface area contributed by atoms with Gasteiger partial charge in [0.1, 0.15) is 6.04 Å².